The third kappa shape index (κ3) is 5.51. The van der Waals surface area contributed by atoms with Crippen molar-refractivity contribution in [2.75, 3.05) is 26.5 Å². The number of nitrogens with zero attached hydrogens (tertiary/aromatic N) is 2. The van der Waals surface area contributed by atoms with Crippen LogP contribution in [0, 0.1) is 0 Å². The van der Waals surface area contributed by atoms with Crippen LogP contribution in [0.3, 0.4) is 0 Å². The maximum absolute atomic E-state index is 12.1. The Hall–Kier alpha value is -2.48. The molecule has 0 radical (unpaired) electrons. The molecule has 2 N–H and O–H groups in total. The Morgan fingerprint density at radius 2 is 2.18 bits per heavy atom. The van der Waals surface area contributed by atoms with Gasteiger partial charge in [-0.15, -0.1) is 5.10 Å². The standard InChI is InChI=1S/C20H26N4O3S/c1-26-15-8-9-16(17(12-15)27-2)19-22-20(24-23-19)28-13-18(25)21-11-10-14-6-4-3-5-7-14/h6,8-9,12H,3-5,7,10-11,13H2,1-2H3,(H,21,25)(H,22,23,24). The smallest absolute Gasteiger partial charge is 0.230 e. The Bertz CT molecular complexity index is 835. The lowest BCUT2D eigenvalue weighted by Gasteiger charge is -2.12. The lowest BCUT2D eigenvalue weighted by Crippen LogP contribution is -2.26. The molecule has 2 aromatic rings. The predicted molar refractivity (Wildman–Crippen MR) is 110 cm³/mol. The zero-order chi connectivity index (χ0) is 19.8. The zero-order valence-electron chi connectivity index (χ0n) is 16.3. The minimum absolute atomic E-state index is 0.00483. The second-order valence-electron chi connectivity index (χ2n) is 6.53. The fraction of sp³-hybridized carbons (Fsp3) is 0.450. The van der Waals surface area contributed by atoms with Gasteiger partial charge in [-0.1, -0.05) is 23.4 Å². The van der Waals surface area contributed by atoms with Crippen LogP contribution in [0.25, 0.3) is 11.4 Å². The summed E-state index contributed by atoms with van der Waals surface area (Å²) >= 11 is 1.31. The van der Waals surface area contributed by atoms with E-state index in [0.29, 0.717) is 29.0 Å². The quantitative estimate of drug-likeness (QED) is 0.492. The molecular weight excluding hydrogens is 376 g/mol. The molecular formula is C20H26N4O3S. The van der Waals surface area contributed by atoms with Gasteiger partial charge in [0.1, 0.15) is 11.5 Å². The van der Waals surface area contributed by atoms with Crippen molar-refractivity contribution in [1.82, 2.24) is 20.5 Å². The number of amides is 1. The molecule has 150 valence electrons. The molecule has 1 aliphatic rings. The number of rotatable bonds is 9. The average molecular weight is 403 g/mol. The molecule has 28 heavy (non-hydrogen) atoms. The number of hydrogen-bond acceptors (Lipinski definition) is 6. The Labute approximate surface area is 169 Å². The van der Waals surface area contributed by atoms with E-state index in [1.54, 1.807) is 20.3 Å². The van der Waals surface area contributed by atoms with E-state index in [-0.39, 0.29) is 11.7 Å². The number of aromatic nitrogens is 3. The molecule has 1 aromatic carbocycles. The maximum Gasteiger partial charge on any atom is 0.230 e. The molecule has 1 amide bonds. The van der Waals surface area contributed by atoms with Crippen LogP contribution in [-0.2, 0) is 4.79 Å². The number of carbonyl (C=O) groups excluding carboxylic acids is 1. The van der Waals surface area contributed by atoms with E-state index in [9.17, 15) is 4.79 Å². The number of ether oxygens (including phenoxy) is 2. The molecule has 7 nitrogen and oxygen atoms in total. The van der Waals surface area contributed by atoms with Crippen LogP contribution in [0.4, 0.5) is 0 Å². The second-order valence-corrected chi connectivity index (χ2v) is 7.47. The monoisotopic (exact) mass is 402 g/mol. The summed E-state index contributed by atoms with van der Waals surface area (Å²) in [7, 11) is 3.20. The van der Waals surface area contributed by atoms with Crippen molar-refractivity contribution in [2.24, 2.45) is 0 Å². The van der Waals surface area contributed by atoms with E-state index < -0.39 is 0 Å². The molecule has 0 atom stereocenters. The van der Waals surface area contributed by atoms with Gasteiger partial charge >= 0.3 is 0 Å². The van der Waals surface area contributed by atoms with E-state index in [1.165, 1.54) is 43.0 Å². The minimum Gasteiger partial charge on any atom is -0.497 e. The fourth-order valence-electron chi connectivity index (χ4n) is 3.10. The highest BCUT2D eigenvalue weighted by molar-refractivity contribution is 7.99. The molecule has 0 fully saturated rings. The third-order valence-corrected chi connectivity index (χ3v) is 5.46. The molecule has 8 heteroatoms. The summed E-state index contributed by atoms with van der Waals surface area (Å²) in [5.41, 5.74) is 2.25. The van der Waals surface area contributed by atoms with Crippen LogP contribution in [0.5, 0.6) is 11.5 Å². The molecule has 1 aliphatic carbocycles. The largest absolute Gasteiger partial charge is 0.497 e. The van der Waals surface area contributed by atoms with Gasteiger partial charge in [0.25, 0.3) is 0 Å². The summed E-state index contributed by atoms with van der Waals surface area (Å²) in [4.78, 5) is 16.5. The van der Waals surface area contributed by atoms with E-state index in [0.717, 1.165) is 12.0 Å². The van der Waals surface area contributed by atoms with Crippen LogP contribution in [0.1, 0.15) is 32.1 Å². The van der Waals surface area contributed by atoms with Crippen molar-refractivity contribution in [3.8, 4) is 22.9 Å². The van der Waals surface area contributed by atoms with Crippen molar-refractivity contribution >= 4 is 17.7 Å². The first-order chi connectivity index (χ1) is 13.7. The first kappa shape index (κ1) is 20.3. The lowest BCUT2D eigenvalue weighted by molar-refractivity contribution is -0.118. The summed E-state index contributed by atoms with van der Waals surface area (Å²) < 4.78 is 10.6. The van der Waals surface area contributed by atoms with Crippen LogP contribution in [0.15, 0.2) is 35.0 Å². The number of allylic oxidation sites excluding steroid dienone is 1. The highest BCUT2D eigenvalue weighted by atomic mass is 32.2. The second kappa shape index (κ2) is 10.2. The molecule has 3 rings (SSSR count). The molecule has 0 unspecified atom stereocenters. The number of nitrogens with one attached hydrogen (secondary N) is 2. The van der Waals surface area contributed by atoms with Gasteiger partial charge in [0.15, 0.2) is 5.82 Å². The SMILES string of the molecule is COc1ccc(-c2nc(SCC(=O)NCCC3=CCCCC3)n[nH]2)c(OC)c1. The van der Waals surface area contributed by atoms with Gasteiger partial charge in [-0.25, -0.2) is 4.98 Å². The fourth-order valence-corrected chi connectivity index (χ4v) is 3.73. The molecule has 1 aromatic heterocycles. The summed E-state index contributed by atoms with van der Waals surface area (Å²) in [6.07, 6.45) is 8.14. The molecule has 0 spiro atoms. The van der Waals surface area contributed by atoms with E-state index >= 15 is 0 Å². The van der Waals surface area contributed by atoms with Gasteiger partial charge in [-0.05, 0) is 44.2 Å². The Morgan fingerprint density at radius 1 is 1.29 bits per heavy atom. The van der Waals surface area contributed by atoms with Crippen LogP contribution >= 0.6 is 11.8 Å². The van der Waals surface area contributed by atoms with Crippen LogP contribution < -0.4 is 14.8 Å². The van der Waals surface area contributed by atoms with Crippen molar-refractivity contribution < 1.29 is 14.3 Å². The number of methoxy groups -OCH3 is 2. The van der Waals surface area contributed by atoms with Gasteiger partial charge in [-0.3, -0.25) is 9.89 Å². The minimum atomic E-state index is -0.00483. The van der Waals surface area contributed by atoms with Gasteiger partial charge < -0.3 is 14.8 Å². The number of H-pyrrole nitrogens is 1. The van der Waals surface area contributed by atoms with Gasteiger partial charge in [-0.2, -0.15) is 0 Å². The van der Waals surface area contributed by atoms with Crippen LogP contribution in [0.2, 0.25) is 0 Å². The summed E-state index contributed by atoms with van der Waals surface area (Å²) in [6, 6.07) is 5.49. The van der Waals surface area contributed by atoms with Gasteiger partial charge in [0.05, 0.1) is 25.5 Å². The highest BCUT2D eigenvalue weighted by Gasteiger charge is 2.13. The van der Waals surface area contributed by atoms with Crippen molar-refractivity contribution in [1.29, 1.82) is 0 Å². The molecule has 0 saturated carbocycles. The van der Waals surface area contributed by atoms with Crippen molar-refractivity contribution in [3.05, 3.63) is 29.8 Å². The predicted octanol–water partition coefficient (Wildman–Crippen LogP) is 3.59. The van der Waals surface area contributed by atoms with Crippen molar-refractivity contribution in [3.63, 3.8) is 0 Å². The average Bonchev–Trinajstić information content (AvgIpc) is 3.21. The van der Waals surface area contributed by atoms with Crippen LogP contribution in [-0.4, -0.2) is 47.6 Å². The van der Waals surface area contributed by atoms with Crippen molar-refractivity contribution in [2.45, 2.75) is 37.3 Å². The topological polar surface area (TPSA) is 89.1 Å². The summed E-state index contributed by atoms with van der Waals surface area (Å²) in [5.74, 6) is 2.22. The Balaban J connectivity index is 1.49. The van der Waals surface area contributed by atoms with Gasteiger partial charge in [0.2, 0.25) is 11.1 Å². The Kier molecular flexibility index (Phi) is 7.36. The molecule has 0 bridgehead atoms. The number of thioether (sulfide) groups is 1. The first-order valence-corrected chi connectivity index (χ1v) is 10.4. The number of benzene rings is 1. The Morgan fingerprint density at radius 3 is 2.93 bits per heavy atom. The number of hydrogen-bond donors (Lipinski definition) is 2. The number of carbonyl (C=O) groups is 1. The molecule has 1 heterocycles. The summed E-state index contributed by atoms with van der Waals surface area (Å²) in [6.45, 7) is 0.688. The summed E-state index contributed by atoms with van der Waals surface area (Å²) in [5, 5.41) is 10.6. The molecule has 0 saturated heterocycles. The maximum atomic E-state index is 12.1. The normalized spacial score (nSPS) is 13.7. The highest BCUT2D eigenvalue weighted by Crippen LogP contribution is 2.32. The molecule has 0 aliphatic heterocycles. The van der Waals surface area contributed by atoms with Gasteiger partial charge in [0, 0.05) is 12.6 Å². The lowest BCUT2D eigenvalue weighted by atomic mass is 9.97. The number of aromatic amines is 1. The van der Waals surface area contributed by atoms with E-state index in [4.69, 9.17) is 9.47 Å². The van der Waals surface area contributed by atoms with E-state index in [1.807, 2.05) is 12.1 Å². The first-order valence-electron chi connectivity index (χ1n) is 9.42. The third-order valence-electron chi connectivity index (χ3n) is 4.61. The van der Waals surface area contributed by atoms with E-state index in [2.05, 4.69) is 26.6 Å². The zero-order valence-corrected chi connectivity index (χ0v) is 17.1.